The first-order valence-corrected chi connectivity index (χ1v) is 11.3. The van der Waals surface area contributed by atoms with Crippen molar-refractivity contribution in [1.82, 2.24) is 0 Å². The van der Waals surface area contributed by atoms with Crippen molar-refractivity contribution in [2.45, 2.75) is 83.0 Å². The van der Waals surface area contributed by atoms with E-state index in [1.54, 1.807) is 26.0 Å². The Balaban J connectivity index is 1.86. The molecule has 0 N–H and O–H groups in total. The molecule has 0 aromatic heterocycles. The predicted octanol–water partition coefficient (Wildman–Crippen LogP) is 4.27. The van der Waals surface area contributed by atoms with Crippen LogP contribution in [0.5, 0.6) is 0 Å². The zero-order chi connectivity index (χ0) is 21.2. The lowest BCUT2D eigenvalue weighted by atomic mass is 9.72. The van der Waals surface area contributed by atoms with Crippen molar-refractivity contribution in [3.63, 3.8) is 0 Å². The highest BCUT2D eigenvalue weighted by molar-refractivity contribution is 9.10. The van der Waals surface area contributed by atoms with Crippen LogP contribution >= 0.6 is 15.9 Å². The third-order valence-electron chi connectivity index (χ3n) is 6.54. The summed E-state index contributed by atoms with van der Waals surface area (Å²) < 4.78 is 13.4. The van der Waals surface area contributed by atoms with Gasteiger partial charge in [0.15, 0.2) is 0 Å². The van der Waals surface area contributed by atoms with Crippen LogP contribution in [0.3, 0.4) is 0 Å². The highest BCUT2D eigenvalue weighted by Gasteiger charge is 2.51. The van der Waals surface area contributed by atoms with Gasteiger partial charge in [-0.25, -0.2) is 4.79 Å². The van der Waals surface area contributed by atoms with Crippen molar-refractivity contribution in [2.75, 3.05) is 0 Å². The first-order valence-electron chi connectivity index (χ1n) is 10.5. The Bertz CT molecular complexity index is 738. The molecule has 1 aromatic rings. The van der Waals surface area contributed by atoms with E-state index < -0.39 is 29.2 Å². The summed E-state index contributed by atoms with van der Waals surface area (Å²) in [6.45, 7) is 5.55. The maximum atomic E-state index is 12.9. The van der Waals surface area contributed by atoms with Crippen LogP contribution in [0.25, 0.3) is 0 Å². The Morgan fingerprint density at radius 2 is 1.72 bits per heavy atom. The van der Waals surface area contributed by atoms with E-state index in [1.165, 1.54) is 6.42 Å². The zero-order valence-electron chi connectivity index (χ0n) is 17.4. The molecule has 0 unspecified atom stereocenters. The number of ether oxygens (including phenoxy) is 2. The first-order chi connectivity index (χ1) is 13.6. The lowest BCUT2D eigenvalue weighted by Crippen LogP contribution is -2.60. The smallest absolute Gasteiger partial charge is 0.338 e. The molecule has 5 nitrogen and oxygen atoms in total. The van der Waals surface area contributed by atoms with Gasteiger partial charge < -0.3 is 19.4 Å². The van der Waals surface area contributed by atoms with Crippen LogP contribution in [0.1, 0.15) is 76.1 Å². The average Bonchev–Trinajstić information content (AvgIpc) is 2.66. The SMILES string of the molecule is CC1(C)O[C@](C)([C@H](OC(=O)c2ccc(Br)cc2)C2CCCCC2)CC[C@@H]1C(=O)[O-]. The summed E-state index contributed by atoms with van der Waals surface area (Å²) in [5.41, 5.74) is -1.12. The van der Waals surface area contributed by atoms with Gasteiger partial charge in [-0.05, 0) is 76.6 Å². The predicted molar refractivity (Wildman–Crippen MR) is 111 cm³/mol. The van der Waals surface area contributed by atoms with Crippen LogP contribution in [0.4, 0.5) is 0 Å². The van der Waals surface area contributed by atoms with Gasteiger partial charge in [-0.3, -0.25) is 0 Å². The van der Waals surface area contributed by atoms with Gasteiger partial charge in [-0.2, -0.15) is 0 Å². The normalized spacial score (nSPS) is 28.5. The van der Waals surface area contributed by atoms with Crippen LogP contribution in [-0.2, 0) is 14.3 Å². The number of hydrogen-bond acceptors (Lipinski definition) is 5. The fourth-order valence-electron chi connectivity index (χ4n) is 5.03. The van der Waals surface area contributed by atoms with E-state index in [-0.39, 0.29) is 11.9 Å². The molecule has 6 heteroatoms. The molecule has 160 valence electrons. The molecule has 1 saturated heterocycles. The maximum Gasteiger partial charge on any atom is 0.338 e. The van der Waals surface area contributed by atoms with Crippen molar-refractivity contribution in [3.8, 4) is 0 Å². The van der Waals surface area contributed by atoms with E-state index in [0.717, 1.165) is 30.2 Å². The third kappa shape index (κ3) is 5.02. The van der Waals surface area contributed by atoms with Gasteiger partial charge in [-0.1, -0.05) is 35.2 Å². The molecule has 2 fully saturated rings. The number of aliphatic carboxylic acids is 1. The molecular formula is C23H30BrO5-. The number of carbonyl (C=O) groups excluding carboxylic acids is 2. The maximum absolute atomic E-state index is 12.9. The Kier molecular flexibility index (Phi) is 6.74. The molecule has 1 heterocycles. The third-order valence-corrected chi connectivity index (χ3v) is 7.07. The van der Waals surface area contributed by atoms with Gasteiger partial charge in [0, 0.05) is 16.4 Å². The average molecular weight is 466 g/mol. The first kappa shape index (κ1) is 22.3. The molecule has 1 aromatic carbocycles. The summed E-state index contributed by atoms with van der Waals surface area (Å²) >= 11 is 3.38. The number of carboxylic acid groups (broad SMARTS) is 1. The molecule has 1 saturated carbocycles. The molecular weight excluding hydrogens is 436 g/mol. The molecule has 1 aliphatic heterocycles. The van der Waals surface area contributed by atoms with Crippen molar-refractivity contribution in [3.05, 3.63) is 34.3 Å². The largest absolute Gasteiger partial charge is 0.550 e. The monoisotopic (exact) mass is 465 g/mol. The second kappa shape index (κ2) is 8.76. The summed E-state index contributed by atoms with van der Waals surface area (Å²) in [5.74, 6) is -1.91. The number of halogens is 1. The minimum atomic E-state index is -1.09. The number of rotatable bonds is 5. The van der Waals surface area contributed by atoms with E-state index in [0.29, 0.717) is 18.4 Å². The van der Waals surface area contributed by atoms with Gasteiger partial charge in [0.1, 0.15) is 11.7 Å². The van der Waals surface area contributed by atoms with Crippen LogP contribution in [0.2, 0.25) is 0 Å². The Labute approximate surface area is 181 Å². The number of benzene rings is 1. The fourth-order valence-corrected chi connectivity index (χ4v) is 5.29. The molecule has 0 bridgehead atoms. The van der Waals surface area contributed by atoms with Gasteiger partial charge in [0.2, 0.25) is 0 Å². The summed E-state index contributed by atoms with van der Waals surface area (Å²) in [4.78, 5) is 24.5. The number of hydrogen-bond donors (Lipinski definition) is 0. The topological polar surface area (TPSA) is 75.7 Å². The molecule has 0 spiro atoms. The highest BCUT2D eigenvalue weighted by Crippen LogP contribution is 2.45. The van der Waals surface area contributed by atoms with Crippen molar-refractivity contribution >= 4 is 27.9 Å². The van der Waals surface area contributed by atoms with E-state index in [2.05, 4.69) is 15.9 Å². The zero-order valence-corrected chi connectivity index (χ0v) is 19.0. The molecule has 0 amide bonds. The fraction of sp³-hybridized carbons (Fsp3) is 0.652. The number of esters is 1. The van der Waals surface area contributed by atoms with Crippen molar-refractivity contribution in [1.29, 1.82) is 0 Å². The molecule has 1 aliphatic carbocycles. The Morgan fingerprint density at radius 1 is 1.10 bits per heavy atom. The van der Waals surface area contributed by atoms with E-state index in [4.69, 9.17) is 9.47 Å². The summed E-state index contributed by atoms with van der Waals surface area (Å²) in [5, 5.41) is 11.6. The van der Waals surface area contributed by atoms with E-state index >= 15 is 0 Å². The van der Waals surface area contributed by atoms with Crippen molar-refractivity contribution in [2.24, 2.45) is 11.8 Å². The molecule has 29 heavy (non-hydrogen) atoms. The lowest BCUT2D eigenvalue weighted by molar-refractivity contribution is -0.328. The number of carboxylic acids is 1. The van der Waals surface area contributed by atoms with Gasteiger partial charge in [-0.15, -0.1) is 0 Å². The minimum absolute atomic E-state index is 0.212. The van der Waals surface area contributed by atoms with Crippen LogP contribution < -0.4 is 5.11 Å². The van der Waals surface area contributed by atoms with E-state index in [1.807, 2.05) is 19.1 Å². The van der Waals surface area contributed by atoms with Crippen molar-refractivity contribution < 1.29 is 24.2 Å². The van der Waals surface area contributed by atoms with Gasteiger partial charge >= 0.3 is 5.97 Å². The van der Waals surface area contributed by atoms with E-state index in [9.17, 15) is 14.7 Å². The summed E-state index contributed by atoms with van der Waals surface area (Å²) in [7, 11) is 0. The highest BCUT2D eigenvalue weighted by atomic mass is 79.9. The van der Waals surface area contributed by atoms with Gasteiger partial charge in [0.25, 0.3) is 0 Å². The standard InChI is InChI=1S/C23H31BrO5/c1-22(2)18(20(25)26)13-14-23(3,29-22)19(15-7-5-4-6-8-15)28-21(27)16-9-11-17(24)12-10-16/h9-12,15,18-19H,4-8,13-14H2,1-3H3,(H,25,26)/p-1/t18-,19-,23+/m1/s1. The Morgan fingerprint density at radius 3 is 2.28 bits per heavy atom. The molecule has 2 aliphatic rings. The molecule has 3 atom stereocenters. The van der Waals surface area contributed by atoms with Crippen LogP contribution in [0, 0.1) is 11.8 Å². The second-order valence-electron chi connectivity index (χ2n) is 9.16. The minimum Gasteiger partial charge on any atom is -0.550 e. The lowest BCUT2D eigenvalue weighted by Gasteiger charge is -2.52. The van der Waals surface area contributed by atoms with Crippen LogP contribution in [-0.4, -0.2) is 29.2 Å². The van der Waals surface area contributed by atoms with Gasteiger partial charge in [0.05, 0.1) is 11.2 Å². The molecule has 0 radical (unpaired) electrons. The second-order valence-corrected chi connectivity index (χ2v) is 10.1. The Hall–Kier alpha value is -1.40. The van der Waals surface area contributed by atoms with Crippen LogP contribution in [0.15, 0.2) is 28.7 Å². The summed E-state index contributed by atoms with van der Waals surface area (Å²) in [6.07, 6.45) is 5.94. The number of carbonyl (C=O) groups is 2. The molecule has 3 rings (SSSR count). The summed E-state index contributed by atoms with van der Waals surface area (Å²) in [6, 6.07) is 7.12. The quantitative estimate of drug-likeness (QED) is 0.606.